The average molecular weight is 285 g/mol. The van der Waals surface area contributed by atoms with Crippen LogP contribution in [0.1, 0.15) is 11.6 Å². The molecule has 1 heterocycles. The van der Waals surface area contributed by atoms with Gasteiger partial charge in [-0.1, -0.05) is 18.2 Å². The number of nitrogens with two attached hydrogens (primary N) is 1. The molecule has 0 saturated carbocycles. The van der Waals surface area contributed by atoms with Crippen LogP contribution in [0, 0.1) is 5.82 Å². The van der Waals surface area contributed by atoms with Gasteiger partial charge in [0.2, 0.25) is 0 Å². The minimum absolute atomic E-state index is 0.0299. The molecule has 0 fully saturated rings. The van der Waals surface area contributed by atoms with Crippen molar-refractivity contribution in [2.45, 2.75) is 6.04 Å². The Bertz CT molecular complexity index is 669. The van der Waals surface area contributed by atoms with Crippen molar-refractivity contribution in [3.63, 3.8) is 0 Å². The van der Waals surface area contributed by atoms with Crippen molar-refractivity contribution >= 4 is 11.6 Å². The van der Waals surface area contributed by atoms with Crippen LogP contribution in [0.3, 0.4) is 0 Å². The number of aliphatic imine (C=N–C) groups is 1. The quantitative estimate of drug-likeness (QED) is 0.943. The normalized spacial score (nSPS) is 17.7. The largest absolute Gasteiger partial charge is 0.497 e. The van der Waals surface area contributed by atoms with Gasteiger partial charge in [0, 0.05) is 5.69 Å². The summed E-state index contributed by atoms with van der Waals surface area (Å²) in [6.45, 7) is 0.550. The van der Waals surface area contributed by atoms with Crippen LogP contribution in [-0.4, -0.2) is 19.6 Å². The highest BCUT2D eigenvalue weighted by atomic mass is 19.1. The maximum absolute atomic E-state index is 13.5. The van der Waals surface area contributed by atoms with Gasteiger partial charge in [0.25, 0.3) is 0 Å². The van der Waals surface area contributed by atoms with E-state index in [-0.39, 0.29) is 11.9 Å². The zero-order chi connectivity index (χ0) is 14.8. The molecule has 0 radical (unpaired) electrons. The molecule has 1 aliphatic rings. The maximum Gasteiger partial charge on any atom is 0.196 e. The molecule has 0 aromatic heterocycles. The van der Waals surface area contributed by atoms with Crippen molar-refractivity contribution < 1.29 is 9.13 Å². The molecule has 108 valence electrons. The number of guanidine groups is 1. The highest BCUT2D eigenvalue weighted by molar-refractivity contribution is 5.97. The first-order valence-corrected chi connectivity index (χ1v) is 6.67. The van der Waals surface area contributed by atoms with Crippen LogP contribution in [0.5, 0.6) is 5.75 Å². The number of rotatable bonds is 3. The number of hydrogen-bond acceptors (Lipinski definition) is 4. The van der Waals surface area contributed by atoms with Gasteiger partial charge in [0.05, 0.1) is 19.7 Å². The molecule has 1 atom stereocenters. The topological polar surface area (TPSA) is 50.9 Å². The van der Waals surface area contributed by atoms with Gasteiger partial charge in [-0.3, -0.25) is 4.99 Å². The van der Waals surface area contributed by atoms with E-state index in [9.17, 15) is 4.39 Å². The lowest BCUT2D eigenvalue weighted by atomic mass is 10.1. The first kappa shape index (κ1) is 13.4. The molecule has 3 rings (SSSR count). The summed E-state index contributed by atoms with van der Waals surface area (Å²) in [5.41, 5.74) is 7.74. The Morgan fingerprint density at radius 2 is 2.00 bits per heavy atom. The summed E-state index contributed by atoms with van der Waals surface area (Å²) in [4.78, 5) is 6.14. The summed E-state index contributed by atoms with van der Waals surface area (Å²) in [6.07, 6.45) is 0. The van der Waals surface area contributed by atoms with E-state index in [4.69, 9.17) is 10.5 Å². The molecule has 0 amide bonds. The Kier molecular flexibility index (Phi) is 3.48. The van der Waals surface area contributed by atoms with Gasteiger partial charge in [-0.15, -0.1) is 0 Å². The Morgan fingerprint density at radius 3 is 2.67 bits per heavy atom. The lowest BCUT2D eigenvalue weighted by molar-refractivity contribution is 0.414. The van der Waals surface area contributed by atoms with Crippen LogP contribution >= 0.6 is 0 Å². The molecular weight excluding hydrogens is 269 g/mol. The van der Waals surface area contributed by atoms with Gasteiger partial charge in [0.15, 0.2) is 5.96 Å². The average Bonchev–Trinajstić information content (AvgIpc) is 2.89. The summed E-state index contributed by atoms with van der Waals surface area (Å²) in [5.74, 6) is 0.907. The third kappa shape index (κ3) is 2.54. The fourth-order valence-corrected chi connectivity index (χ4v) is 2.52. The van der Waals surface area contributed by atoms with Crippen molar-refractivity contribution in [2.75, 3.05) is 18.6 Å². The fourth-order valence-electron chi connectivity index (χ4n) is 2.52. The van der Waals surface area contributed by atoms with Gasteiger partial charge in [-0.05, 0) is 35.9 Å². The van der Waals surface area contributed by atoms with E-state index >= 15 is 0 Å². The molecule has 2 aromatic carbocycles. The number of anilines is 1. The lowest BCUT2D eigenvalue weighted by Crippen LogP contribution is -2.36. The van der Waals surface area contributed by atoms with Crippen molar-refractivity contribution in [1.82, 2.24) is 0 Å². The minimum atomic E-state index is -0.291. The van der Waals surface area contributed by atoms with Crippen molar-refractivity contribution in [2.24, 2.45) is 10.7 Å². The summed E-state index contributed by atoms with van der Waals surface area (Å²) < 4.78 is 18.6. The number of benzene rings is 2. The Morgan fingerprint density at radius 1 is 1.24 bits per heavy atom. The van der Waals surface area contributed by atoms with Crippen LogP contribution in [0.15, 0.2) is 53.5 Å². The molecule has 2 aromatic rings. The zero-order valence-electron chi connectivity index (χ0n) is 11.7. The smallest absolute Gasteiger partial charge is 0.196 e. The van der Waals surface area contributed by atoms with E-state index in [0.29, 0.717) is 18.2 Å². The predicted octanol–water partition coefficient (Wildman–Crippen LogP) is 2.71. The molecule has 1 aliphatic heterocycles. The third-order valence-corrected chi connectivity index (χ3v) is 3.57. The molecule has 0 aliphatic carbocycles. The molecule has 0 spiro atoms. The second-order valence-corrected chi connectivity index (χ2v) is 4.84. The second-order valence-electron chi connectivity index (χ2n) is 4.84. The molecule has 0 bridgehead atoms. The number of methoxy groups -OCH3 is 1. The first-order chi connectivity index (χ1) is 10.2. The zero-order valence-corrected chi connectivity index (χ0v) is 11.7. The lowest BCUT2D eigenvalue weighted by Gasteiger charge is -2.26. The Hall–Kier alpha value is -2.56. The molecule has 1 unspecified atom stereocenters. The van der Waals surface area contributed by atoms with Crippen LogP contribution in [-0.2, 0) is 0 Å². The number of ether oxygens (including phenoxy) is 1. The summed E-state index contributed by atoms with van der Waals surface area (Å²) >= 11 is 0. The number of hydrogen-bond donors (Lipinski definition) is 1. The molecule has 0 saturated heterocycles. The molecule has 4 nitrogen and oxygen atoms in total. The van der Waals surface area contributed by atoms with Gasteiger partial charge >= 0.3 is 0 Å². The molecular formula is C16H16FN3O. The van der Waals surface area contributed by atoms with Gasteiger partial charge < -0.3 is 15.4 Å². The van der Waals surface area contributed by atoms with Crippen LogP contribution in [0.25, 0.3) is 0 Å². The van der Waals surface area contributed by atoms with E-state index in [1.54, 1.807) is 13.2 Å². The predicted molar refractivity (Wildman–Crippen MR) is 81.1 cm³/mol. The van der Waals surface area contributed by atoms with E-state index in [1.165, 1.54) is 12.1 Å². The Labute approximate surface area is 122 Å². The molecule has 2 N–H and O–H groups in total. The van der Waals surface area contributed by atoms with Crippen LogP contribution in [0.4, 0.5) is 10.1 Å². The van der Waals surface area contributed by atoms with Crippen LogP contribution in [0.2, 0.25) is 0 Å². The highest BCUT2D eigenvalue weighted by Gasteiger charge is 2.28. The third-order valence-electron chi connectivity index (χ3n) is 3.57. The Balaban J connectivity index is 1.94. The SMILES string of the molecule is COc1ccc(C2CN=C(N)N2c2cccc(F)c2)cc1. The fraction of sp³-hybridized carbons (Fsp3) is 0.188. The van der Waals surface area contributed by atoms with E-state index in [1.807, 2.05) is 35.2 Å². The summed E-state index contributed by atoms with van der Waals surface area (Å²) in [6, 6.07) is 14.1. The highest BCUT2D eigenvalue weighted by Crippen LogP contribution is 2.32. The maximum atomic E-state index is 13.5. The van der Waals surface area contributed by atoms with Crippen LogP contribution < -0.4 is 15.4 Å². The van der Waals surface area contributed by atoms with Gasteiger partial charge in [-0.2, -0.15) is 0 Å². The van der Waals surface area contributed by atoms with Crippen molar-refractivity contribution in [3.05, 3.63) is 59.9 Å². The molecule has 21 heavy (non-hydrogen) atoms. The standard InChI is InChI=1S/C16H16FN3O/c1-21-14-7-5-11(6-8-14)15-10-19-16(18)20(15)13-4-2-3-12(17)9-13/h2-9,15H,10H2,1H3,(H2,18,19). The van der Waals surface area contributed by atoms with Crippen molar-refractivity contribution in [1.29, 1.82) is 0 Å². The summed E-state index contributed by atoms with van der Waals surface area (Å²) in [7, 11) is 1.63. The van der Waals surface area contributed by atoms with Gasteiger partial charge in [0.1, 0.15) is 11.6 Å². The van der Waals surface area contributed by atoms with E-state index < -0.39 is 0 Å². The number of halogens is 1. The second kappa shape index (κ2) is 5.44. The van der Waals surface area contributed by atoms with Gasteiger partial charge in [-0.25, -0.2) is 4.39 Å². The minimum Gasteiger partial charge on any atom is -0.497 e. The summed E-state index contributed by atoms with van der Waals surface area (Å²) in [5, 5.41) is 0. The monoisotopic (exact) mass is 285 g/mol. The first-order valence-electron chi connectivity index (χ1n) is 6.67. The van der Waals surface area contributed by atoms with E-state index in [0.717, 1.165) is 11.3 Å². The molecule has 5 heteroatoms. The van der Waals surface area contributed by atoms with Crippen molar-refractivity contribution in [3.8, 4) is 5.75 Å². The number of nitrogens with zero attached hydrogens (tertiary/aromatic N) is 2. The van der Waals surface area contributed by atoms with E-state index in [2.05, 4.69) is 4.99 Å².